The first-order valence-electron chi connectivity index (χ1n) is 12.6. The van der Waals surface area contributed by atoms with E-state index in [9.17, 15) is 19.3 Å². The highest BCUT2D eigenvalue weighted by Crippen LogP contribution is 2.48. The minimum atomic E-state index is -4.13. The quantitative estimate of drug-likeness (QED) is 0.142. The molecule has 3 heterocycles. The molecule has 1 saturated carbocycles. The first kappa shape index (κ1) is 31.2. The number of fused-ring (bicyclic) bond motifs is 1. The molecule has 0 radical (unpaired) electrons. The fourth-order valence-electron chi connectivity index (χ4n) is 4.32. The Balaban J connectivity index is 1.36. The first-order valence-corrected chi connectivity index (χ1v) is 14.7. The van der Waals surface area contributed by atoms with Crippen molar-refractivity contribution in [2.75, 3.05) is 46.1 Å². The van der Waals surface area contributed by atoms with E-state index >= 15 is 0 Å². The summed E-state index contributed by atoms with van der Waals surface area (Å²) in [4.78, 5) is 35.4. The lowest BCUT2D eigenvalue weighted by atomic mass is 10.2. The van der Waals surface area contributed by atoms with Gasteiger partial charge in [0.1, 0.15) is 18.7 Å². The molecule has 0 unspecified atom stereocenters. The number of nitrogens with one attached hydrogen (secondary N) is 1. The zero-order valence-corrected chi connectivity index (χ0v) is 24.0. The average molecular weight is 624 g/mol. The van der Waals surface area contributed by atoms with Gasteiger partial charge >= 0.3 is 19.9 Å². The van der Waals surface area contributed by atoms with Gasteiger partial charge in [0.05, 0.1) is 33.3 Å². The number of ether oxygens (including phenoxy) is 6. The number of hydrogen-bond donors (Lipinski definition) is 2. The summed E-state index contributed by atoms with van der Waals surface area (Å²) < 4.78 is 53.9. The van der Waals surface area contributed by atoms with Gasteiger partial charge in [-0.2, -0.15) is 9.97 Å². The monoisotopic (exact) mass is 623 g/mol. The van der Waals surface area contributed by atoms with Crippen molar-refractivity contribution in [1.29, 1.82) is 0 Å². The predicted octanol–water partition coefficient (Wildman–Crippen LogP) is 3.16. The van der Waals surface area contributed by atoms with E-state index in [1.54, 1.807) is 4.57 Å². The van der Waals surface area contributed by atoms with Crippen LogP contribution in [0, 0.1) is 0 Å². The van der Waals surface area contributed by atoms with Gasteiger partial charge in [0, 0.05) is 12.5 Å². The Bertz CT molecular complexity index is 1220. The molecule has 4 rings (SSSR count). The minimum Gasteiger partial charge on any atom is -0.438 e. The third-order valence-corrected chi connectivity index (χ3v) is 7.99. The summed E-state index contributed by atoms with van der Waals surface area (Å²) in [7, 11) is -1.98. The van der Waals surface area contributed by atoms with Crippen molar-refractivity contribution in [3.05, 3.63) is 11.6 Å². The van der Waals surface area contributed by atoms with Gasteiger partial charge in [-0.25, -0.2) is 14.6 Å². The Morgan fingerprint density at radius 3 is 2.44 bits per heavy atom. The Morgan fingerprint density at radius 1 is 1.15 bits per heavy atom. The first-order chi connectivity index (χ1) is 19.7. The third-order valence-electron chi connectivity index (χ3n) is 6.32. The van der Waals surface area contributed by atoms with E-state index in [4.69, 9.17) is 30.1 Å². The van der Waals surface area contributed by atoms with E-state index in [2.05, 4.69) is 39.2 Å². The van der Waals surface area contributed by atoms with E-state index in [0.29, 0.717) is 17.0 Å². The number of nitrogens with zero attached hydrogens (tertiary/aromatic N) is 4. The van der Waals surface area contributed by atoms with E-state index in [1.807, 2.05) is 0 Å². The van der Waals surface area contributed by atoms with Crippen LogP contribution in [0.2, 0.25) is 5.28 Å². The summed E-state index contributed by atoms with van der Waals surface area (Å²) in [6, 6.07) is 0.281. The molecular formula is C22H31ClN5O12P. The molecule has 2 N–H and O–H groups in total. The van der Waals surface area contributed by atoms with Crippen LogP contribution in [0.15, 0.2) is 6.33 Å². The number of aromatic nitrogens is 4. The molecule has 19 heteroatoms. The van der Waals surface area contributed by atoms with Crippen molar-refractivity contribution in [2.24, 2.45) is 0 Å². The summed E-state index contributed by atoms with van der Waals surface area (Å²) in [5.74, 6) is 0.534. The number of anilines is 1. The third kappa shape index (κ3) is 8.38. The largest absolute Gasteiger partial charge is 0.510 e. The summed E-state index contributed by atoms with van der Waals surface area (Å²) >= 11 is 6.20. The molecule has 2 aliphatic rings. The number of aliphatic hydroxyl groups is 1. The molecule has 2 fully saturated rings. The molecule has 2 aromatic heterocycles. The van der Waals surface area contributed by atoms with Gasteiger partial charge in [0.15, 0.2) is 17.0 Å². The maximum absolute atomic E-state index is 13.0. The van der Waals surface area contributed by atoms with Gasteiger partial charge in [-0.1, -0.05) is 12.8 Å². The maximum atomic E-state index is 13.0. The van der Waals surface area contributed by atoms with Crippen LogP contribution in [0.5, 0.6) is 0 Å². The van der Waals surface area contributed by atoms with E-state index < -0.39 is 58.3 Å². The molecule has 228 valence electrons. The number of hydrogen-bond acceptors (Lipinski definition) is 16. The standard InChI is InChI=1S/C22H31ClN5O12P/c1-33-21(30)36-10-38-41(32,39-11-37-22(31)34-2)12-35-8-15-14(29)7-16(40-15)28-9-24-17-18(25-13-5-3-4-6-13)26-20(23)27-19(17)28/h9,13-16,29H,3-8,10-12H2,1-2H3,(H,25,26,27)/t14-,15+,16+/m0/s1. The van der Waals surface area contributed by atoms with Gasteiger partial charge < -0.3 is 38.8 Å². The van der Waals surface area contributed by atoms with Gasteiger partial charge in [-0.05, 0) is 24.4 Å². The summed E-state index contributed by atoms with van der Waals surface area (Å²) in [6.45, 7) is -1.82. The molecule has 41 heavy (non-hydrogen) atoms. The fourth-order valence-corrected chi connectivity index (χ4v) is 5.46. The number of rotatable bonds is 13. The highest BCUT2D eigenvalue weighted by atomic mass is 35.5. The van der Waals surface area contributed by atoms with Crippen LogP contribution < -0.4 is 5.32 Å². The van der Waals surface area contributed by atoms with E-state index in [0.717, 1.165) is 39.9 Å². The average Bonchev–Trinajstić information content (AvgIpc) is 3.69. The Labute approximate surface area is 239 Å². The van der Waals surface area contributed by atoms with Crippen LogP contribution >= 0.6 is 19.2 Å². The van der Waals surface area contributed by atoms with Crippen LogP contribution in [0.3, 0.4) is 0 Å². The van der Waals surface area contributed by atoms with Crippen LogP contribution in [-0.4, -0.2) is 95.9 Å². The molecule has 2 aromatic rings. The molecule has 17 nitrogen and oxygen atoms in total. The fraction of sp³-hybridized carbons (Fsp3) is 0.682. The highest BCUT2D eigenvalue weighted by Gasteiger charge is 2.37. The molecule has 1 saturated heterocycles. The van der Waals surface area contributed by atoms with E-state index in [-0.39, 0.29) is 24.4 Å². The Kier molecular flexibility index (Phi) is 10.9. The van der Waals surface area contributed by atoms with Gasteiger partial charge in [0.2, 0.25) is 18.9 Å². The predicted molar refractivity (Wildman–Crippen MR) is 138 cm³/mol. The normalized spacial score (nSPS) is 21.2. The minimum absolute atomic E-state index is 0.0429. The van der Waals surface area contributed by atoms with Gasteiger partial charge in [-0.15, -0.1) is 0 Å². The molecule has 1 aliphatic carbocycles. The second kappa shape index (κ2) is 14.4. The second-order valence-corrected chi connectivity index (χ2v) is 11.4. The molecule has 0 aromatic carbocycles. The molecule has 0 amide bonds. The number of imidazole rings is 1. The summed E-state index contributed by atoms with van der Waals surface area (Å²) in [5.41, 5.74) is 0.962. The van der Waals surface area contributed by atoms with Crippen molar-refractivity contribution in [1.82, 2.24) is 19.5 Å². The topological polar surface area (TPSA) is 201 Å². The van der Waals surface area contributed by atoms with Gasteiger partial charge in [0.25, 0.3) is 0 Å². The molecular weight excluding hydrogens is 593 g/mol. The van der Waals surface area contributed by atoms with Crippen molar-refractivity contribution in [2.45, 2.75) is 56.6 Å². The van der Waals surface area contributed by atoms with Crippen molar-refractivity contribution in [3.8, 4) is 0 Å². The number of halogens is 1. The number of methoxy groups -OCH3 is 2. The zero-order chi connectivity index (χ0) is 29.4. The maximum Gasteiger partial charge on any atom is 0.510 e. The van der Waals surface area contributed by atoms with Crippen molar-refractivity contribution >= 4 is 48.5 Å². The molecule has 1 aliphatic heterocycles. The van der Waals surface area contributed by atoms with Crippen molar-refractivity contribution < 1.29 is 56.7 Å². The highest BCUT2D eigenvalue weighted by molar-refractivity contribution is 7.53. The SMILES string of the molecule is COC(=O)OCOP(=O)(COC[C@H]1O[C@@H](n2cnc3c(NC4CCCC4)nc(Cl)nc32)C[C@@H]1O)OCOC(=O)OC. The smallest absolute Gasteiger partial charge is 0.438 e. The van der Waals surface area contributed by atoms with Crippen LogP contribution in [0.4, 0.5) is 15.4 Å². The van der Waals surface area contributed by atoms with Crippen LogP contribution in [-0.2, 0) is 42.0 Å². The van der Waals surface area contributed by atoms with E-state index in [1.165, 1.54) is 6.33 Å². The lowest BCUT2D eigenvalue weighted by Crippen LogP contribution is -2.27. The molecule has 0 spiro atoms. The lowest BCUT2D eigenvalue weighted by molar-refractivity contribution is -0.0605. The number of aliphatic hydroxyl groups excluding tert-OH is 1. The number of carbonyl (C=O) groups is 2. The van der Waals surface area contributed by atoms with Crippen LogP contribution in [0.1, 0.15) is 38.3 Å². The van der Waals surface area contributed by atoms with Gasteiger partial charge in [-0.3, -0.25) is 18.2 Å². The molecule has 3 atom stereocenters. The zero-order valence-electron chi connectivity index (χ0n) is 22.3. The number of carbonyl (C=O) groups excluding carboxylic acids is 2. The second-order valence-electron chi connectivity index (χ2n) is 9.02. The Hall–Kier alpha value is -2.79. The van der Waals surface area contributed by atoms with Crippen LogP contribution in [0.25, 0.3) is 11.2 Å². The Morgan fingerprint density at radius 2 is 1.80 bits per heavy atom. The van der Waals surface area contributed by atoms with Crippen molar-refractivity contribution in [3.63, 3.8) is 0 Å². The lowest BCUT2D eigenvalue weighted by Gasteiger charge is -2.20. The molecule has 0 bridgehead atoms. The summed E-state index contributed by atoms with van der Waals surface area (Å²) in [6.07, 6.45) is 0.769. The summed E-state index contributed by atoms with van der Waals surface area (Å²) in [5, 5.41) is 14.1.